The molecule has 2 bridgehead atoms. The zero-order valence-corrected chi connectivity index (χ0v) is 10.2. The molecule has 6 atom stereocenters. The molecular weight excluding hydrogens is 248 g/mol. The Balaban J connectivity index is 1.76. The maximum absolute atomic E-state index is 11.8. The minimum Gasteiger partial charge on any atom is -0.466 e. The summed E-state index contributed by atoms with van der Waals surface area (Å²) in [6, 6.07) is 0. The molecule has 5 heteroatoms. The first-order valence-corrected chi connectivity index (χ1v) is 6.37. The highest BCUT2D eigenvalue weighted by Gasteiger charge is 2.64. The number of allylic oxidation sites excluding steroid dienone is 3. The van der Waals surface area contributed by atoms with Crippen molar-refractivity contribution in [2.75, 3.05) is 7.11 Å². The van der Waals surface area contributed by atoms with Crippen LogP contribution in [0.2, 0.25) is 0 Å². The average Bonchev–Trinajstić information content (AvgIpc) is 2.66. The molecule has 0 aromatic rings. The van der Waals surface area contributed by atoms with Crippen LogP contribution in [0.3, 0.4) is 0 Å². The fourth-order valence-corrected chi connectivity index (χ4v) is 4.18. The summed E-state index contributed by atoms with van der Waals surface area (Å²) in [5, 5.41) is 0. The van der Waals surface area contributed by atoms with E-state index in [4.69, 9.17) is 9.47 Å². The topological polar surface area (TPSA) is 69.7 Å². The van der Waals surface area contributed by atoms with Crippen LogP contribution in [0.5, 0.6) is 0 Å². The molecule has 1 saturated carbocycles. The molecule has 0 unspecified atom stereocenters. The summed E-state index contributed by atoms with van der Waals surface area (Å²) in [4.78, 5) is 35.3. The minimum absolute atomic E-state index is 0.00199. The van der Waals surface area contributed by atoms with Gasteiger partial charge in [0.25, 0.3) is 0 Å². The Morgan fingerprint density at radius 3 is 2.37 bits per heavy atom. The molecule has 5 nitrogen and oxygen atoms in total. The Morgan fingerprint density at radius 1 is 1.05 bits per heavy atom. The molecule has 1 aliphatic heterocycles. The molecule has 4 aliphatic carbocycles. The molecule has 98 valence electrons. The summed E-state index contributed by atoms with van der Waals surface area (Å²) >= 11 is 0. The molecule has 1 heterocycles. The molecule has 0 spiro atoms. The molecule has 0 aromatic carbocycles. The SMILES string of the molecule is COC(=O)C1=C[C@@H]2[C@H]3C=C[C@@H]([C@H]12)[C@@H]1C(=O)OC(=O)[C@@H]31. The lowest BCUT2D eigenvalue weighted by Gasteiger charge is -2.53. The lowest BCUT2D eigenvalue weighted by atomic mass is 9.48. The molecule has 1 saturated heterocycles. The van der Waals surface area contributed by atoms with E-state index in [1.165, 1.54) is 7.11 Å². The lowest BCUT2D eigenvalue weighted by Crippen LogP contribution is -2.54. The van der Waals surface area contributed by atoms with Gasteiger partial charge in [-0.05, 0) is 17.8 Å². The Labute approximate surface area is 109 Å². The molecule has 19 heavy (non-hydrogen) atoms. The van der Waals surface area contributed by atoms with E-state index in [1.807, 2.05) is 18.2 Å². The molecule has 0 radical (unpaired) electrons. The second-order valence-corrected chi connectivity index (χ2v) is 5.55. The van der Waals surface area contributed by atoms with Crippen LogP contribution in [0, 0.1) is 35.5 Å². The fourth-order valence-electron chi connectivity index (χ4n) is 4.18. The van der Waals surface area contributed by atoms with E-state index in [2.05, 4.69) is 0 Å². The van der Waals surface area contributed by atoms with Crippen molar-refractivity contribution in [1.29, 1.82) is 0 Å². The maximum Gasteiger partial charge on any atom is 0.333 e. The summed E-state index contributed by atoms with van der Waals surface area (Å²) < 4.78 is 9.53. The van der Waals surface area contributed by atoms with Gasteiger partial charge in [-0.15, -0.1) is 0 Å². The second kappa shape index (κ2) is 3.35. The molecule has 5 rings (SSSR count). The van der Waals surface area contributed by atoms with Crippen molar-refractivity contribution in [1.82, 2.24) is 0 Å². The number of hydrogen-bond donors (Lipinski definition) is 0. The Morgan fingerprint density at radius 2 is 1.68 bits per heavy atom. The van der Waals surface area contributed by atoms with Gasteiger partial charge >= 0.3 is 17.9 Å². The number of ether oxygens (including phenoxy) is 2. The van der Waals surface area contributed by atoms with Crippen LogP contribution in [0.25, 0.3) is 0 Å². The highest BCUT2D eigenvalue weighted by Crippen LogP contribution is 2.60. The maximum atomic E-state index is 11.8. The van der Waals surface area contributed by atoms with Crippen molar-refractivity contribution < 1.29 is 23.9 Å². The monoisotopic (exact) mass is 260 g/mol. The predicted octanol–water partition coefficient (Wildman–Crippen LogP) is 0.463. The van der Waals surface area contributed by atoms with E-state index in [9.17, 15) is 14.4 Å². The van der Waals surface area contributed by atoms with Crippen molar-refractivity contribution >= 4 is 17.9 Å². The van der Waals surface area contributed by atoms with E-state index in [0.29, 0.717) is 5.57 Å². The smallest absolute Gasteiger partial charge is 0.333 e. The van der Waals surface area contributed by atoms with Crippen LogP contribution in [-0.4, -0.2) is 25.0 Å². The zero-order chi connectivity index (χ0) is 13.3. The van der Waals surface area contributed by atoms with Crippen molar-refractivity contribution in [2.24, 2.45) is 35.5 Å². The van der Waals surface area contributed by atoms with Crippen LogP contribution >= 0.6 is 0 Å². The van der Waals surface area contributed by atoms with Gasteiger partial charge in [-0.1, -0.05) is 18.2 Å². The second-order valence-electron chi connectivity index (χ2n) is 5.55. The lowest BCUT2D eigenvalue weighted by molar-refractivity contribution is -0.154. The van der Waals surface area contributed by atoms with Crippen LogP contribution in [0.1, 0.15) is 0 Å². The standard InChI is InChI=1S/C14H12O5/c1-18-12(15)8-4-7-5-2-3-6(9(7)8)11-10(5)13(16)19-14(11)17/h2-7,9-11H,1H3/t5-,6+,7-,9+,10+,11+/m1/s1. The number of esters is 3. The quantitative estimate of drug-likeness (QED) is 0.389. The van der Waals surface area contributed by atoms with Gasteiger partial charge < -0.3 is 9.47 Å². The van der Waals surface area contributed by atoms with Crippen molar-refractivity contribution in [2.45, 2.75) is 0 Å². The third kappa shape index (κ3) is 1.13. The van der Waals surface area contributed by atoms with E-state index >= 15 is 0 Å². The number of rotatable bonds is 1. The Kier molecular flexibility index (Phi) is 1.93. The number of cyclic esters (lactones) is 2. The van der Waals surface area contributed by atoms with Crippen molar-refractivity contribution in [3.63, 3.8) is 0 Å². The summed E-state index contributed by atoms with van der Waals surface area (Å²) in [7, 11) is 1.35. The van der Waals surface area contributed by atoms with E-state index in [1.54, 1.807) is 0 Å². The number of carbonyl (C=O) groups is 3. The number of methoxy groups -OCH3 is 1. The van der Waals surface area contributed by atoms with E-state index in [0.717, 1.165) is 0 Å². The number of carbonyl (C=O) groups excluding carboxylic acids is 3. The summed E-state index contributed by atoms with van der Waals surface area (Å²) in [6.45, 7) is 0. The van der Waals surface area contributed by atoms with Crippen LogP contribution in [0.4, 0.5) is 0 Å². The molecular formula is C14H12O5. The van der Waals surface area contributed by atoms with Crippen molar-refractivity contribution in [3.8, 4) is 0 Å². The Hall–Kier alpha value is -1.91. The van der Waals surface area contributed by atoms with Crippen LogP contribution in [0.15, 0.2) is 23.8 Å². The van der Waals surface area contributed by atoms with E-state index in [-0.39, 0.29) is 35.6 Å². The molecule has 0 aromatic heterocycles. The van der Waals surface area contributed by atoms with Gasteiger partial charge in [0, 0.05) is 11.5 Å². The first kappa shape index (κ1) is 11.0. The normalized spacial score (nSPS) is 45.0. The van der Waals surface area contributed by atoms with Gasteiger partial charge in [-0.25, -0.2) is 4.79 Å². The third-order valence-electron chi connectivity index (χ3n) is 4.94. The van der Waals surface area contributed by atoms with Gasteiger partial charge in [-0.2, -0.15) is 0 Å². The van der Waals surface area contributed by atoms with Gasteiger partial charge in [0.15, 0.2) is 0 Å². The van der Waals surface area contributed by atoms with Gasteiger partial charge in [0.05, 0.1) is 18.9 Å². The van der Waals surface area contributed by atoms with Gasteiger partial charge in [0.2, 0.25) is 0 Å². The van der Waals surface area contributed by atoms with Crippen molar-refractivity contribution in [3.05, 3.63) is 23.8 Å². The zero-order valence-electron chi connectivity index (χ0n) is 10.2. The average molecular weight is 260 g/mol. The Bertz CT molecular complexity index is 572. The predicted molar refractivity (Wildman–Crippen MR) is 61.3 cm³/mol. The molecule has 0 N–H and O–H groups in total. The number of hydrogen-bond acceptors (Lipinski definition) is 5. The highest BCUT2D eigenvalue weighted by molar-refractivity contribution is 5.99. The summed E-state index contributed by atoms with van der Waals surface area (Å²) in [5.41, 5.74) is 0.637. The summed E-state index contributed by atoms with van der Waals surface area (Å²) in [6.07, 6.45) is 5.84. The van der Waals surface area contributed by atoms with E-state index < -0.39 is 17.9 Å². The molecule has 5 aliphatic rings. The molecule has 0 amide bonds. The van der Waals surface area contributed by atoms with Crippen LogP contribution in [-0.2, 0) is 23.9 Å². The summed E-state index contributed by atoms with van der Waals surface area (Å²) in [5.74, 6) is -1.94. The minimum atomic E-state index is -0.441. The first-order valence-electron chi connectivity index (χ1n) is 6.37. The first-order chi connectivity index (χ1) is 9.13. The van der Waals surface area contributed by atoms with Gasteiger partial charge in [-0.3, -0.25) is 9.59 Å². The third-order valence-corrected chi connectivity index (χ3v) is 4.94. The van der Waals surface area contributed by atoms with Crippen LogP contribution < -0.4 is 0 Å². The fraction of sp³-hybridized carbons (Fsp3) is 0.500. The highest BCUT2D eigenvalue weighted by atomic mass is 16.6. The van der Waals surface area contributed by atoms with Gasteiger partial charge in [0.1, 0.15) is 0 Å². The molecule has 2 fully saturated rings. The largest absolute Gasteiger partial charge is 0.466 e.